The summed E-state index contributed by atoms with van der Waals surface area (Å²) >= 11 is 0. The molecule has 1 amide bonds. The molecule has 126 valence electrons. The molecule has 0 aromatic heterocycles. The van der Waals surface area contributed by atoms with Gasteiger partial charge in [0.05, 0.1) is 6.61 Å². The predicted molar refractivity (Wildman–Crippen MR) is 94.2 cm³/mol. The first kappa shape index (κ1) is 17.7. The normalized spacial score (nSPS) is 10.2. The molecule has 0 saturated carbocycles. The van der Waals surface area contributed by atoms with Gasteiger partial charge in [-0.3, -0.25) is 9.59 Å². The standard InChI is InChI=1S/C20H23NO3/c1-3-24-18-10-8-17(9-11-18)19(22)12-13-20(23)21-14-16-6-4-15(2)5-7-16/h4-11H,3,12-14H2,1-2H3,(H,21,23). The zero-order chi connectivity index (χ0) is 17.4. The maximum absolute atomic E-state index is 12.1. The number of carbonyl (C=O) groups is 2. The van der Waals surface area contributed by atoms with Gasteiger partial charge in [0.25, 0.3) is 0 Å². The third-order valence-corrected chi connectivity index (χ3v) is 3.68. The molecule has 0 aliphatic heterocycles. The van der Waals surface area contributed by atoms with Gasteiger partial charge < -0.3 is 10.1 Å². The molecule has 24 heavy (non-hydrogen) atoms. The van der Waals surface area contributed by atoms with Gasteiger partial charge in [-0.05, 0) is 43.7 Å². The topological polar surface area (TPSA) is 55.4 Å². The van der Waals surface area contributed by atoms with Gasteiger partial charge in [-0.25, -0.2) is 0 Å². The predicted octanol–water partition coefficient (Wildman–Crippen LogP) is 3.67. The lowest BCUT2D eigenvalue weighted by Crippen LogP contribution is -2.23. The Labute approximate surface area is 142 Å². The molecule has 4 heteroatoms. The summed E-state index contributed by atoms with van der Waals surface area (Å²) in [6.07, 6.45) is 0.394. The van der Waals surface area contributed by atoms with Crippen LogP contribution in [0.2, 0.25) is 0 Å². The number of aryl methyl sites for hydroxylation is 1. The molecular formula is C20H23NO3. The highest BCUT2D eigenvalue weighted by Crippen LogP contribution is 2.14. The van der Waals surface area contributed by atoms with E-state index < -0.39 is 0 Å². The number of amides is 1. The highest BCUT2D eigenvalue weighted by atomic mass is 16.5. The molecule has 4 nitrogen and oxygen atoms in total. The second-order valence-electron chi connectivity index (χ2n) is 5.64. The van der Waals surface area contributed by atoms with Crippen molar-refractivity contribution in [1.82, 2.24) is 5.32 Å². The molecule has 0 spiro atoms. The maximum Gasteiger partial charge on any atom is 0.220 e. The number of benzene rings is 2. The molecular weight excluding hydrogens is 302 g/mol. The van der Waals surface area contributed by atoms with E-state index in [2.05, 4.69) is 5.32 Å². The van der Waals surface area contributed by atoms with Gasteiger partial charge in [-0.15, -0.1) is 0 Å². The van der Waals surface area contributed by atoms with Crippen LogP contribution in [0.15, 0.2) is 48.5 Å². The van der Waals surface area contributed by atoms with Gasteiger partial charge in [0, 0.05) is 24.9 Å². The number of ether oxygens (including phenoxy) is 1. The average molecular weight is 325 g/mol. The van der Waals surface area contributed by atoms with Crippen LogP contribution in [0.1, 0.15) is 41.3 Å². The second-order valence-corrected chi connectivity index (χ2v) is 5.64. The minimum absolute atomic E-state index is 0.0384. The van der Waals surface area contributed by atoms with Crippen molar-refractivity contribution in [2.24, 2.45) is 0 Å². The van der Waals surface area contributed by atoms with Crippen LogP contribution < -0.4 is 10.1 Å². The third kappa shape index (κ3) is 5.54. The first-order valence-electron chi connectivity index (χ1n) is 8.17. The van der Waals surface area contributed by atoms with E-state index >= 15 is 0 Å². The molecule has 0 bridgehead atoms. The Morgan fingerprint density at radius 1 is 0.958 bits per heavy atom. The number of hydrogen-bond donors (Lipinski definition) is 1. The van der Waals surface area contributed by atoms with Gasteiger partial charge >= 0.3 is 0 Å². The number of Topliss-reactive ketones (excluding diaryl/α,β-unsaturated/α-hetero) is 1. The lowest BCUT2D eigenvalue weighted by atomic mass is 10.1. The number of hydrogen-bond acceptors (Lipinski definition) is 3. The molecule has 0 aliphatic carbocycles. The largest absolute Gasteiger partial charge is 0.494 e. The van der Waals surface area contributed by atoms with Crippen molar-refractivity contribution < 1.29 is 14.3 Å². The third-order valence-electron chi connectivity index (χ3n) is 3.68. The first-order valence-corrected chi connectivity index (χ1v) is 8.17. The lowest BCUT2D eigenvalue weighted by molar-refractivity contribution is -0.121. The summed E-state index contributed by atoms with van der Waals surface area (Å²) in [7, 11) is 0. The second kappa shape index (κ2) is 8.87. The molecule has 1 N–H and O–H groups in total. The molecule has 2 aromatic rings. The fourth-order valence-electron chi connectivity index (χ4n) is 2.27. The van der Waals surface area contributed by atoms with Crippen LogP contribution in [0, 0.1) is 6.92 Å². The van der Waals surface area contributed by atoms with Crippen molar-refractivity contribution >= 4 is 11.7 Å². The van der Waals surface area contributed by atoms with Crippen molar-refractivity contribution in [3.8, 4) is 5.75 Å². The summed E-state index contributed by atoms with van der Waals surface area (Å²) in [5.41, 5.74) is 2.84. The Kier molecular flexibility index (Phi) is 6.55. The number of ketones is 1. The van der Waals surface area contributed by atoms with Crippen molar-refractivity contribution in [2.45, 2.75) is 33.2 Å². The lowest BCUT2D eigenvalue weighted by Gasteiger charge is -2.06. The number of rotatable bonds is 8. The van der Waals surface area contributed by atoms with E-state index in [1.165, 1.54) is 5.56 Å². The van der Waals surface area contributed by atoms with E-state index in [1.807, 2.05) is 38.1 Å². The van der Waals surface area contributed by atoms with Crippen molar-refractivity contribution in [3.05, 3.63) is 65.2 Å². The summed E-state index contributed by atoms with van der Waals surface area (Å²) in [4.78, 5) is 24.0. The van der Waals surface area contributed by atoms with Gasteiger partial charge in [0.15, 0.2) is 5.78 Å². The van der Waals surface area contributed by atoms with Crippen LogP contribution in [0.3, 0.4) is 0 Å². The summed E-state index contributed by atoms with van der Waals surface area (Å²) in [6, 6.07) is 15.0. The van der Waals surface area contributed by atoms with Crippen LogP contribution in [0.5, 0.6) is 5.75 Å². The van der Waals surface area contributed by atoms with Crippen LogP contribution in [0.4, 0.5) is 0 Å². The van der Waals surface area contributed by atoms with Crippen molar-refractivity contribution in [1.29, 1.82) is 0 Å². The van der Waals surface area contributed by atoms with E-state index in [4.69, 9.17) is 4.74 Å². The molecule has 2 aromatic carbocycles. The smallest absolute Gasteiger partial charge is 0.220 e. The maximum atomic E-state index is 12.1. The van der Waals surface area contributed by atoms with Gasteiger partial charge in [0.2, 0.25) is 5.91 Å². The Bertz CT molecular complexity index is 675. The minimum Gasteiger partial charge on any atom is -0.494 e. The Morgan fingerprint density at radius 2 is 1.62 bits per heavy atom. The molecule has 0 saturated heterocycles. The molecule has 0 unspecified atom stereocenters. The van der Waals surface area contributed by atoms with E-state index in [1.54, 1.807) is 24.3 Å². The highest BCUT2D eigenvalue weighted by molar-refractivity contribution is 5.98. The summed E-state index contributed by atoms with van der Waals surface area (Å²) in [5.74, 6) is 0.586. The van der Waals surface area contributed by atoms with Gasteiger partial charge in [-0.2, -0.15) is 0 Å². The van der Waals surface area contributed by atoms with E-state index in [9.17, 15) is 9.59 Å². The Hall–Kier alpha value is -2.62. The van der Waals surface area contributed by atoms with E-state index in [-0.39, 0.29) is 24.5 Å². The molecule has 0 aliphatic rings. The fourth-order valence-corrected chi connectivity index (χ4v) is 2.27. The molecule has 0 radical (unpaired) electrons. The van der Waals surface area contributed by atoms with Crippen molar-refractivity contribution in [3.63, 3.8) is 0 Å². The first-order chi connectivity index (χ1) is 11.6. The van der Waals surface area contributed by atoms with Crippen LogP contribution >= 0.6 is 0 Å². The molecule has 2 rings (SSSR count). The zero-order valence-corrected chi connectivity index (χ0v) is 14.2. The van der Waals surface area contributed by atoms with Crippen molar-refractivity contribution in [2.75, 3.05) is 6.61 Å². The number of carbonyl (C=O) groups excluding carboxylic acids is 2. The van der Waals surface area contributed by atoms with Gasteiger partial charge in [-0.1, -0.05) is 29.8 Å². The monoisotopic (exact) mass is 325 g/mol. The SMILES string of the molecule is CCOc1ccc(C(=O)CCC(=O)NCc2ccc(C)cc2)cc1. The van der Waals surface area contributed by atoms with Gasteiger partial charge in [0.1, 0.15) is 5.75 Å². The van der Waals surface area contributed by atoms with Crippen LogP contribution in [0.25, 0.3) is 0 Å². The average Bonchev–Trinajstić information content (AvgIpc) is 2.60. The van der Waals surface area contributed by atoms with Crippen LogP contribution in [-0.2, 0) is 11.3 Å². The quantitative estimate of drug-likeness (QED) is 0.753. The van der Waals surface area contributed by atoms with Crippen LogP contribution in [-0.4, -0.2) is 18.3 Å². The summed E-state index contributed by atoms with van der Waals surface area (Å²) in [6.45, 7) is 5.01. The van der Waals surface area contributed by atoms with E-state index in [0.717, 1.165) is 11.3 Å². The number of nitrogens with one attached hydrogen (secondary N) is 1. The Morgan fingerprint density at radius 3 is 2.25 bits per heavy atom. The molecule has 0 atom stereocenters. The fraction of sp³-hybridized carbons (Fsp3) is 0.300. The summed E-state index contributed by atoms with van der Waals surface area (Å²) < 4.78 is 5.34. The molecule has 0 heterocycles. The minimum atomic E-state index is -0.116. The van der Waals surface area contributed by atoms with E-state index in [0.29, 0.717) is 18.7 Å². The zero-order valence-electron chi connectivity index (χ0n) is 14.2. The summed E-state index contributed by atoms with van der Waals surface area (Å²) in [5, 5.41) is 2.84. The Balaban J connectivity index is 1.76. The highest BCUT2D eigenvalue weighted by Gasteiger charge is 2.09. The molecule has 0 fully saturated rings.